The zero-order valence-electron chi connectivity index (χ0n) is 12.4. The van der Waals surface area contributed by atoms with E-state index < -0.39 is 5.97 Å². The maximum atomic E-state index is 11.6. The maximum Gasteiger partial charge on any atom is 0.313 e. The predicted octanol–water partition coefficient (Wildman–Crippen LogP) is 2.05. The first-order valence-corrected chi connectivity index (χ1v) is 9.11. The number of aryl methyl sites for hydroxylation is 1. The Morgan fingerprint density at radius 3 is 3.04 bits per heavy atom. The van der Waals surface area contributed by atoms with Crippen LogP contribution in [-0.4, -0.2) is 45.2 Å². The molecule has 0 atom stereocenters. The normalized spacial score (nSPS) is 10.6. The van der Waals surface area contributed by atoms with Crippen LogP contribution in [0, 0.1) is 0 Å². The highest BCUT2D eigenvalue weighted by molar-refractivity contribution is 7.99. The summed E-state index contributed by atoms with van der Waals surface area (Å²) in [5, 5.41) is 17.1. The van der Waals surface area contributed by atoms with Gasteiger partial charge in [-0.05, 0) is 17.9 Å². The molecule has 0 saturated heterocycles. The van der Waals surface area contributed by atoms with Gasteiger partial charge in [0.15, 0.2) is 0 Å². The van der Waals surface area contributed by atoms with Crippen molar-refractivity contribution >= 4 is 35.0 Å². The van der Waals surface area contributed by atoms with Gasteiger partial charge in [0, 0.05) is 25.1 Å². The fourth-order valence-corrected chi connectivity index (χ4v) is 2.99. The molecular formula is C14H17N3O4S2. The molecular weight excluding hydrogens is 338 g/mol. The van der Waals surface area contributed by atoms with E-state index in [1.165, 1.54) is 11.8 Å². The standard InChI is InChI=1S/C14H17N3O4S2/c18-11(15-6-8-22-9-13(19)20)4-1-5-12-16-14(17-21-12)10-3-2-7-23-10/h2-3,7H,1,4-6,8-9H2,(H,15,18)(H,19,20). The van der Waals surface area contributed by atoms with E-state index >= 15 is 0 Å². The van der Waals surface area contributed by atoms with Gasteiger partial charge in [0.25, 0.3) is 0 Å². The second kappa shape index (κ2) is 9.31. The van der Waals surface area contributed by atoms with Crippen molar-refractivity contribution in [2.45, 2.75) is 19.3 Å². The summed E-state index contributed by atoms with van der Waals surface area (Å²) in [6.45, 7) is 0.472. The third kappa shape index (κ3) is 6.41. The van der Waals surface area contributed by atoms with Gasteiger partial charge in [0.05, 0.1) is 10.6 Å². The molecule has 2 aromatic heterocycles. The van der Waals surface area contributed by atoms with Crippen LogP contribution in [0.25, 0.3) is 10.7 Å². The van der Waals surface area contributed by atoms with Crippen molar-refractivity contribution < 1.29 is 19.2 Å². The third-order valence-electron chi connectivity index (χ3n) is 2.80. The number of rotatable bonds is 10. The lowest BCUT2D eigenvalue weighted by atomic mass is 10.2. The lowest BCUT2D eigenvalue weighted by molar-refractivity contribution is -0.133. The third-order valence-corrected chi connectivity index (χ3v) is 4.61. The van der Waals surface area contributed by atoms with Crippen molar-refractivity contribution in [2.24, 2.45) is 0 Å². The molecule has 1 amide bonds. The van der Waals surface area contributed by atoms with Crippen LogP contribution in [0.4, 0.5) is 0 Å². The Hall–Kier alpha value is -1.87. The summed E-state index contributed by atoms with van der Waals surface area (Å²) in [5.41, 5.74) is 0. The van der Waals surface area contributed by atoms with Crippen molar-refractivity contribution in [2.75, 3.05) is 18.1 Å². The molecule has 0 aliphatic rings. The quantitative estimate of drug-likeness (QED) is 0.628. The first-order chi connectivity index (χ1) is 11.1. The molecule has 0 aliphatic carbocycles. The van der Waals surface area contributed by atoms with Crippen LogP contribution in [-0.2, 0) is 16.0 Å². The number of nitrogens with one attached hydrogen (secondary N) is 1. The van der Waals surface area contributed by atoms with Crippen LogP contribution in [0.15, 0.2) is 22.0 Å². The predicted molar refractivity (Wildman–Crippen MR) is 88.5 cm³/mol. The van der Waals surface area contributed by atoms with E-state index in [-0.39, 0.29) is 11.7 Å². The Morgan fingerprint density at radius 2 is 2.30 bits per heavy atom. The van der Waals surface area contributed by atoms with E-state index in [2.05, 4.69) is 15.5 Å². The number of hydrogen-bond acceptors (Lipinski definition) is 7. The molecule has 0 saturated carbocycles. The Labute approximate surface area is 141 Å². The zero-order valence-corrected chi connectivity index (χ0v) is 14.0. The summed E-state index contributed by atoms with van der Waals surface area (Å²) in [4.78, 5) is 27.2. The number of carboxylic acid groups (broad SMARTS) is 1. The molecule has 0 aromatic carbocycles. The molecule has 7 nitrogen and oxygen atoms in total. The van der Waals surface area contributed by atoms with Gasteiger partial charge in [0.2, 0.25) is 17.6 Å². The highest BCUT2D eigenvalue weighted by Gasteiger charge is 2.10. The number of carbonyl (C=O) groups excluding carboxylic acids is 1. The van der Waals surface area contributed by atoms with Gasteiger partial charge in [-0.3, -0.25) is 9.59 Å². The van der Waals surface area contributed by atoms with Crippen molar-refractivity contribution in [3.8, 4) is 10.7 Å². The van der Waals surface area contributed by atoms with E-state index in [4.69, 9.17) is 9.63 Å². The molecule has 0 aliphatic heterocycles. The molecule has 9 heteroatoms. The largest absolute Gasteiger partial charge is 0.481 e. The van der Waals surface area contributed by atoms with Crippen LogP contribution in [0.1, 0.15) is 18.7 Å². The van der Waals surface area contributed by atoms with Gasteiger partial charge in [-0.1, -0.05) is 11.2 Å². The fourth-order valence-electron chi connectivity index (χ4n) is 1.77. The minimum absolute atomic E-state index is 0.0552. The number of hydrogen-bond donors (Lipinski definition) is 2. The van der Waals surface area contributed by atoms with Gasteiger partial charge in [0.1, 0.15) is 0 Å². The zero-order chi connectivity index (χ0) is 16.5. The van der Waals surface area contributed by atoms with Gasteiger partial charge >= 0.3 is 5.97 Å². The van der Waals surface area contributed by atoms with Crippen molar-refractivity contribution in [3.63, 3.8) is 0 Å². The summed E-state index contributed by atoms with van der Waals surface area (Å²) in [7, 11) is 0. The molecule has 124 valence electrons. The number of aliphatic carboxylic acids is 1. The van der Waals surface area contributed by atoms with Crippen molar-refractivity contribution in [1.29, 1.82) is 0 Å². The highest BCUT2D eigenvalue weighted by atomic mass is 32.2. The maximum absolute atomic E-state index is 11.6. The van der Waals surface area contributed by atoms with E-state index in [1.807, 2.05) is 17.5 Å². The average Bonchev–Trinajstić information content (AvgIpc) is 3.17. The summed E-state index contributed by atoms with van der Waals surface area (Å²) < 4.78 is 5.16. The van der Waals surface area contributed by atoms with Crippen molar-refractivity contribution in [1.82, 2.24) is 15.5 Å². The number of nitrogens with zero attached hydrogens (tertiary/aromatic N) is 2. The number of amides is 1. The number of aromatic nitrogens is 2. The highest BCUT2D eigenvalue weighted by Crippen LogP contribution is 2.21. The number of thiophene rings is 1. The molecule has 0 bridgehead atoms. The van der Waals surface area contributed by atoms with Crippen molar-refractivity contribution in [3.05, 3.63) is 23.4 Å². The Kier molecular flexibility index (Phi) is 7.08. The number of carbonyl (C=O) groups is 2. The molecule has 2 heterocycles. The lowest BCUT2D eigenvalue weighted by Gasteiger charge is -2.03. The SMILES string of the molecule is O=C(O)CSCCNC(=O)CCCc1nc(-c2cccs2)no1. The summed E-state index contributed by atoms with van der Waals surface area (Å²) in [5.74, 6) is 0.848. The molecule has 0 unspecified atom stereocenters. The van der Waals surface area contributed by atoms with Gasteiger partial charge in [-0.2, -0.15) is 4.98 Å². The molecule has 23 heavy (non-hydrogen) atoms. The lowest BCUT2D eigenvalue weighted by Crippen LogP contribution is -2.25. The monoisotopic (exact) mass is 355 g/mol. The van der Waals surface area contributed by atoms with Gasteiger partial charge in [-0.25, -0.2) is 0 Å². The molecule has 2 rings (SSSR count). The summed E-state index contributed by atoms with van der Waals surface area (Å²) >= 11 is 2.82. The Morgan fingerprint density at radius 1 is 1.43 bits per heavy atom. The minimum atomic E-state index is -0.845. The van der Waals surface area contributed by atoms with Gasteiger partial charge < -0.3 is 14.9 Å². The Balaban J connectivity index is 1.59. The summed E-state index contributed by atoms with van der Waals surface area (Å²) in [6.07, 6.45) is 1.56. The van der Waals surface area contributed by atoms with E-state index in [0.29, 0.717) is 43.3 Å². The van der Waals surface area contributed by atoms with Crippen LogP contribution >= 0.6 is 23.1 Å². The van der Waals surface area contributed by atoms with Gasteiger partial charge in [-0.15, -0.1) is 23.1 Å². The number of carboxylic acids is 1. The molecule has 0 spiro atoms. The van der Waals surface area contributed by atoms with Crippen LogP contribution < -0.4 is 5.32 Å². The van der Waals surface area contributed by atoms with Crippen LogP contribution in [0.5, 0.6) is 0 Å². The first-order valence-electron chi connectivity index (χ1n) is 7.08. The topological polar surface area (TPSA) is 105 Å². The molecule has 2 N–H and O–H groups in total. The summed E-state index contributed by atoms with van der Waals surface area (Å²) in [6, 6.07) is 3.85. The molecule has 0 fully saturated rings. The average molecular weight is 355 g/mol. The van der Waals surface area contributed by atoms with Crippen LogP contribution in [0.2, 0.25) is 0 Å². The first kappa shape index (κ1) is 17.5. The minimum Gasteiger partial charge on any atom is -0.481 e. The van der Waals surface area contributed by atoms with E-state index in [0.717, 1.165) is 4.88 Å². The molecule has 0 radical (unpaired) electrons. The second-order valence-corrected chi connectivity index (χ2v) is 6.69. The van der Waals surface area contributed by atoms with E-state index in [1.54, 1.807) is 11.3 Å². The second-order valence-electron chi connectivity index (χ2n) is 4.64. The molecule has 2 aromatic rings. The smallest absolute Gasteiger partial charge is 0.313 e. The van der Waals surface area contributed by atoms with E-state index in [9.17, 15) is 9.59 Å². The van der Waals surface area contributed by atoms with Crippen LogP contribution in [0.3, 0.4) is 0 Å². The Bertz CT molecular complexity index is 628. The number of thioether (sulfide) groups is 1. The fraction of sp³-hybridized carbons (Fsp3) is 0.429.